The van der Waals surface area contributed by atoms with E-state index >= 15 is 0 Å². The van der Waals surface area contributed by atoms with Crippen molar-refractivity contribution in [1.29, 1.82) is 0 Å². The summed E-state index contributed by atoms with van der Waals surface area (Å²) in [7, 11) is 0. The number of nitrogens with zero attached hydrogens (tertiary/aromatic N) is 2. The van der Waals surface area contributed by atoms with Crippen molar-refractivity contribution in [3.05, 3.63) is 34.0 Å². The summed E-state index contributed by atoms with van der Waals surface area (Å²) >= 11 is 2.73. The number of hydrogen-bond donors (Lipinski definition) is 1. The monoisotopic (exact) mass is 319 g/mol. The molecule has 0 aromatic carbocycles. The lowest BCUT2D eigenvalue weighted by atomic mass is 9.97. The molecular weight excluding hydrogens is 302 g/mol. The number of carbonyl (C=O) groups is 1. The highest BCUT2D eigenvalue weighted by molar-refractivity contribution is 7.14. The molecule has 0 spiro atoms. The highest BCUT2D eigenvalue weighted by atomic mass is 32.1. The summed E-state index contributed by atoms with van der Waals surface area (Å²) in [6, 6.07) is 3.92. The van der Waals surface area contributed by atoms with Gasteiger partial charge in [-0.3, -0.25) is 4.79 Å². The number of rotatable bonds is 5. The maximum absolute atomic E-state index is 12.3. The topological polar surface area (TPSA) is 54.9 Å². The Hall–Kier alpha value is -1.53. The average molecular weight is 319 g/mol. The molecule has 21 heavy (non-hydrogen) atoms. The first-order valence-corrected chi connectivity index (χ1v) is 8.82. The molecule has 0 unspecified atom stereocenters. The molecule has 0 radical (unpaired) electrons. The maximum Gasteiger partial charge on any atom is 0.265 e. The van der Waals surface area contributed by atoms with Crippen LogP contribution in [0.5, 0.6) is 0 Å². The van der Waals surface area contributed by atoms with Gasteiger partial charge >= 0.3 is 0 Å². The van der Waals surface area contributed by atoms with Crippen LogP contribution in [0.1, 0.15) is 41.8 Å². The number of amides is 1. The van der Waals surface area contributed by atoms with E-state index in [1.54, 1.807) is 11.3 Å². The highest BCUT2D eigenvalue weighted by Crippen LogP contribution is 2.27. The molecular formula is C15H17N3OS2. The molecule has 1 aliphatic carbocycles. The Bertz CT molecular complexity index is 631. The van der Waals surface area contributed by atoms with Crippen LogP contribution in [0, 0.1) is 0 Å². The number of allylic oxidation sites excluding steroid dienone is 1. The Morgan fingerprint density at radius 1 is 1.38 bits per heavy atom. The van der Waals surface area contributed by atoms with Crippen molar-refractivity contribution >= 4 is 28.8 Å². The molecule has 1 amide bonds. The second kappa shape index (κ2) is 6.95. The molecule has 2 heterocycles. The molecule has 2 aromatic rings. The first-order chi connectivity index (χ1) is 10.3. The predicted octanol–water partition coefficient (Wildman–Crippen LogP) is 3.89. The molecule has 1 aliphatic rings. The van der Waals surface area contributed by atoms with Crippen molar-refractivity contribution in [3.8, 4) is 10.6 Å². The minimum absolute atomic E-state index is 0.0650. The lowest BCUT2D eigenvalue weighted by molar-refractivity contribution is 0.0958. The Morgan fingerprint density at radius 3 is 3.10 bits per heavy atom. The molecule has 0 saturated heterocycles. The summed E-state index contributed by atoms with van der Waals surface area (Å²) in [4.78, 5) is 13.9. The number of carbonyl (C=O) groups excluding carboxylic acids is 1. The van der Waals surface area contributed by atoms with Gasteiger partial charge in [-0.05, 0) is 55.1 Å². The molecule has 3 rings (SSSR count). The fourth-order valence-corrected chi connectivity index (χ4v) is 3.84. The van der Waals surface area contributed by atoms with Gasteiger partial charge in [0.15, 0.2) is 0 Å². The Balaban J connectivity index is 1.59. The minimum atomic E-state index is -0.0650. The van der Waals surface area contributed by atoms with Gasteiger partial charge in [-0.25, -0.2) is 0 Å². The fraction of sp³-hybridized carbons (Fsp3) is 0.400. The molecule has 2 aromatic heterocycles. The summed E-state index contributed by atoms with van der Waals surface area (Å²) in [6.45, 7) is 0.687. The Morgan fingerprint density at radius 2 is 2.33 bits per heavy atom. The van der Waals surface area contributed by atoms with E-state index in [0.29, 0.717) is 17.1 Å². The molecule has 110 valence electrons. The number of nitrogens with one attached hydrogen (secondary N) is 1. The molecule has 0 atom stereocenters. The highest BCUT2D eigenvalue weighted by Gasteiger charge is 2.18. The van der Waals surface area contributed by atoms with Crippen molar-refractivity contribution < 1.29 is 4.79 Å². The first kappa shape index (κ1) is 14.4. The van der Waals surface area contributed by atoms with Crippen LogP contribution in [0.3, 0.4) is 0 Å². The standard InChI is InChI=1S/C15H17N3OS2/c19-15(16-9-8-11-5-2-1-3-6-11)14-13(17-18-21-14)12-7-4-10-20-12/h4-5,7,10H,1-3,6,8-9H2,(H,16,19). The number of thiophene rings is 1. The largest absolute Gasteiger partial charge is 0.351 e. The van der Waals surface area contributed by atoms with Crippen LogP contribution in [0.15, 0.2) is 29.2 Å². The van der Waals surface area contributed by atoms with E-state index in [1.807, 2.05) is 17.5 Å². The Labute approximate surface area is 132 Å². The van der Waals surface area contributed by atoms with Gasteiger partial charge in [0.1, 0.15) is 10.6 Å². The summed E-state index contributed by atoms with van der Waals surface area (Å²) < 4.78 is 3.92. The molecule has 0 aliphatic heterocycles. The van der Waals surface area contributed by atoms with Gasteiger partial charge in [0.25, 0.3) is 5.91 Å². The van der Waals surface area contributed by atoms with E-state index in [-0.39, 0.29) is 5.91 Å². The van der Waals surface area contributed by atoms with Crippen molar-refractivity contribution in [2.75, 3.05) is 6.54 Å². The van der Waals surface area contributed by atoms with Gasteiger partial charge in [-0.15, -0.1) is 16.4 Å². The zero-order valence-corrected chi connectivity index (χ0v) is 13.3. The van der Waals surface area contributed by atoms with Crippen molar-refractivity contribution in [3.63, 3.8) is 0 Å². The van der Waals surface area contributed by atoms with Gasteiger partial charge in [0.05, 0.1) is 4.88 Å². The smallest absolute Gasteiger partial charge is 0.265 e. The third-order valence-corrected chi connectivity index (χ3v) is 5.17. The van der Waals surface area contributed by atoms with E-state index in [1.165, 1.54) is 31.3 Å². The maximum atomic E-state index is 12.3. The molecule has 1 N–H and O–H groups in total. The summed E-state index contributed by atoms with van der Waals surface area (Å²) in [5, 5.41) is 9.05. The summed E-state index contributed by atoms with van der Waals surface area (Å²) in [5.74, 6) is -0.0650. The van der Waals surface area contributed by atoms with E-state index < -0.39 is 0 Å². The fourth-order valence-electron chi connectivity index (χ4n) is 2.46. The second-order valence-corrected chi connectivity index (χ2v) is 6.74. The van der Waals surface area contributed by atoms with Crippen LogP contribution in [0.25, 0.3) is 10.6 Å². The summed E-state index contributed by atoms with van der Waals surface area (Å²) in [5.41, 5.74) is 2.17. The van der Waals surface area contributed by atoms with Crippen LogP contribution in [0.2, 0.25) is 0 Å². The zero-order valence-electron chi connectivity index (χ0n) is 11.7. The number of hydrogen-bond acceptors (Lipinski definition) is 5. The molecule has 6 heteroatoms. The van der Waals surface area contributed by atoms with Crippen molar-refractivity contribution in [1.82, 2.24) is 14.9 Å². The van der Waals surface area contributed by atoms with Crippen LogP contribution in [0.4, 0.5) is 0 Å². The third kappa shape index (κ3) is 3.57. The van der Waals surface area contributed by atoms with Crippen LogP contribution in [-0.2, 0) is 0 Å². The van der Waals surface area contributed by atoms with E-state index in [4.69, 9.17) is 0 Å². The average Bonchev–Trinajstić information content (AvgIpc) is 3.19. The quantitative estimate of drug-likeness (QED) is 0.851. The van der Waals surface area contributed by atoms with Crippen LogP contribution >= 0.6 is 22.9 Å². The number of aromatic nitrogens is 2. The first-order valence-electron chi connectivity index (χ1n) is 7.17. The second-order valence-electron chi connectivity index (χ2n) is 5.04. The van der Waals surface area contributed by atoms with Crippen molar-refractivity contribution in [2.24, 2.45) is 0 Å². The van der Waals surface area contributed by atoms with Gasteiger partial charge in [0.2, 0.25) is 0 Å². The predicted molar refractivity (Wildman–Crippen MR) is 86.7 cm³/mol. The van der Waals surface area contributed by atoms with E-state index in [2.05, 4.69) is 21.0 Å². The molecule has 0 saturated carbocycles. The SMILES string of the molecule is O=C(NCCC1=CCCCC1)c1snnc1-c1cccs1. The summed E-state index contributed by atoms with van der Waals surface area (Å²) in [6.07, 6.45) is 8.21. The van der Waals surface area contributed by atoms with Crippen LogP contribution < -0.4 is 5.32 Å². The van der Waals surface area contributed by atoms with Crippen molar-refractivity contribution in [2.45, 2.75) is 32.1 Å². The lowest BCUT2D eigenvalue weighted by Gasteiger charge is -2.12. The van der Waals surface area contributed by atoms with Gasteiger partial charge in [-0.1, -0.05) is 22.2 Å². The zero-order chi connectivity index (χ0) is 14.5. The van der Waals surface area contributed by atoms with Gasteiger partial charge < -0.3 is 5.32 Å². The molecule has 0 bridgehead atoms. The van der Waals surface area contributed by atoms with Crippen LogP contribution in [-0.4, -0.2) is 22.0 Å². The molecule has 0 fully saturated rings. The van der Waals surface area contributed by atoms with Gasteiger partial charge in [-0.2, -0.15) is 0 Å². The van der Waals surface area contributed by atoms with E-state index in [9.17, 15) is 4.79 Å². The van der Waals surface area contributed by atoms with E-state index in [0.717, 1.165) is 22.8 Å². The normalized spacial score (nSPS) is 14.8. The Kier molecular flexibility index (Phi) is 4.77. The minimum Gasteiger partial charge on any atom is -0.351 e. The third-order valence-electron chi connectivity index (χ3n) is 3.57. The van der Waals surface area contributed by atoms with Gasteiger partial charge in [0, 0.05) is 6.54 Å². The molecule has 4 nitrogen and oxygen atoms in total. The lowest BCUT2D eigenvalue weighted by Crippen LogP contribution is -2.24.